The van der Waals surface area contributed by atoms with Crippen LogP contribution in [0.5, 0.6) is 0 Å². The summed E-state index contributed by atoms with van der Waals surface area (Å²) < 4.78 is 1.00. The Morgan fingerprint density at radius 1 is 1.33 bits per heavy atom. The summed E-state index contributed by atoms with van der Waals surface area (Å²) >= 11 is 2.22. The highest BCUT2D eigenvalue weighted by atomic mass is 127. The molecule has 0 saturated carbocycles. The first-order valence-electron chi connectivity index (χ1n) is 5.38. The van der Waals surface area contributed by atoms with Crippen molar-refractivity contribution in [1.82, 2.24) is 9.97 Å². The first-order valence-corrected chi connectivity index (χ1v) is 6.45. The van der Waals surface area contributed by atoms with Gasteiger partial charge in [0, 0.05) is 6.42 Å². The molecule has 0 atom stereocenters. The van der Waals surface area contributed by atoms with Crippen LogP contribution in [0.2, 0.25) is 0 Å². The van der Waals surface area contributed by atoms with E-state index >= 15 is 0 Å². The molecule has 0 unspecified atom stereocenters. The SMILES string of the molecule is CCCCc1nc(N)c(I)c(C(C)C)n1. The van der Waals surface area contributed by atoms with E-state index in [9.17, 15) is 0 Å². The van der Waals surface area contributed by atoms with Crippen LogP contribution < -0.4 is 5.73 Å². The van der Waals surface area contributed by atoms with Gasteiger partial charge in [0.15, 0.2) is 0 Å². The normalized spacial score (nSPS) is 11.0. The van der Waals surface area contributed by atoms with Gasteiger partial charge in [-0.2, -0.15) is 0 Å². The Kier molecular flexibility index (Phi) is 4.76. The maximum atomic E-state index is 5.87. The van der Waals surface area contributed by atoms with Gasteiger partial charge in [-0.15, -0.1) is 0 Å². The molecule has 0 aromatic carbocycles. The zero-order chi connectivity index (χ0) is 11.4. The van der Waals surface area contributed by atoms with E-state index in [-0.39, 0.29) is 0 Å². The second kappa shape index (κ2) is 5.63. The molecule has 2 N–H and O–H groups in total. The number of hydrogen-bond acceptors (Lipinski definition) is 3. The third kappa shape index (κ3) is 3.29. The van der Waals surface area contributed by atoms with Crippen LogP contribution in [0.15, 0.2) is 0 Å². The Morgan fingerprint density at radius 2 is 2.00 bits per heavy atom. The molecule has 0 saturated heterocycles. The lowest BCUT2D eigenvalue weighted by atomic mass is 10.1. The van der Waals surface area contributed by atoms with Gasteiger partial charge in [-0.3, -0.25) is 0 Å². The van der Waals surface area contributed by atoms with E-state index in [1.807, 2.05) is 0 Å². The molecule has 1 heterocycles. The number of aryl methyl sites for hydroxylation is 1. The summed E-state index contributed by atoms with van der Waals surface area (Å²) in [6.07, 6.45) is 3.21. The molecule has 1 aromatic rings. The lowest BCUT2D eigenvalue weighted by Crippen LogP contribution is -2.08. The van der Waals surface area contributed by atoms with Crippen LogP contribution in [0.3, 0.4) is 0 Å². The standard InChI is InChI=1S/C11H18IN3/c1-4-5-6-8-14-10(7(2)3)9(12)11(13)15-8/h7H,4-6H2,1-3H3,(H2,13,14,15). The van der Waals surface area contributed by atoms with Crippen LogP contribution in [-0.2, 0) is 6.42 Å². The predicted octanol–water partition coefficient (Wildman–Crippen LogP) is 3.13. The van der Waals surface area contributed by atoms with E-state index in [0.29, 0.717) is 11.7 Å². The van der Waals surface area contributed by atoms with E-state index in [0.717, 1.165) is 34.4 Å². The third-order valence-electron chi connectivity index (χ3n) is 2.25. The van der Waals surface area contributed by atoms with E-state index in [4.69, 9.17) is 5.73 Å². The average Bonchev–Trinajstić information content (AvgIpc) is 2.19. The Hall–Kier alpha value is -0.390. The second-order valence-corrected chi connectivity index (χ2v) is 5.06. The fraction of sp³-hybridized carbons (Fsp3) is 0.636. The summed E-state index contributed by atoms with van der Waals surface area (Å²) in [6, 6.07) is 0. The molecule has 3 nitrogen and oxygen atoms in total. The third-order valence-corrected chi connectivity index (χ3v) is 3.35. The number of unbranched alkanes of at least 4 members (excludes halogenated alkanes) is 1. The maximum absolute atomic E-state index is 5.87. The maximum Gasteiger partial charge on any atom is 0.140 e. The number of hydrogen-bond donors (Lipinski definition) is 1. The Balaban J connectivity index is 3.00. The van der Waals surface area contributed by atoms with Gasteiger partial charge in [-0.1, -0.05) is 27.2 Å². The Labute approximate surface area is 105 Å². The van der Waals surface area contributed by atoms with Crippen LogP contribution >= 0.6 is 22.6 Å². The monoisotopic (exact) mass is 319 g/mol. The van der Waals surface area contributed by atoms with Crippen molar-refractivity contribution in [2.45, 2.75) is 46.0 Å². The van der Waals surface area contributed by atoms with Crippen molar-refractivity contribution in [3.05, 3.63) is 15.1 Å². The molecule has 0 aliphatic rings. The molecule has 1 rings (SSSR count). The molecular formula is C11H18IN3. The second-order valence-electron chi connectivity index (χ2n) is 3.98. The summed E-state index contributed by atoms with van der Waals surface area (Å²) in [5.41, 5.74) is 6.95. The molecule has 0 amide bonds. The average molecular weight is 319 g/mol. The number of anilines is 1. The number of aromatic nitrogens is 2. The van der Waals surface area contributed by atoms with Crippen molar-refractivity contribution in [3.8, 4) is 0 Å². The number of rotatable bonds is 4. The van der Waals surface area contributed by atoms with Crippen LogP contribution in [0.25, 0.3) is 0 Å². The van der Waals surface area contributed by atoms with Crippen molar-refractivity contribution in [2.24, 2.45) is 0 Å². The number of nitrogens with two attached hydrogens (primary N) is 1. The highest BCUT2D eigenvalue weighted by molar-refractivity contribution is 14.1. The van der Waals surface area contributed by atoms with Gasteiger partial charge < -0.3 is 5.73 Å². The molecule has 0 spiro atoms. The first-order chi connectivity index (χ1) is 7.06. The Morgan fingerprint density at radius 3 is 2.53 bits per heavy atom. The van der Waals surface area contributed by atoms with E-state index in [2.05, 4.69) is 53.3 Å². The molecule has 0 fully saturated rings. The molecular weight excluding hydrogens is 301 g/mol. The summed E-state index contributed by atoms with van der Waals surface area (Å²) in [5.74, 6) is 1.92. The van der Waals surface area contributed by atoms with Crippen LogP contribution in [0.1, 0.15) is 51.0 Å². The van der Waals surface area contributed by atoms with Crippen LogP contribution in [0, 0.1) is 3.57 Å². The van der Waals surface area contributed by atoms with Crippen molar-refractivity contribution >= 4 is 28.4 Å². The lowest BCUT2D eigenvalue weighted by Gasteiger charge is -2.11. The smallest absolute Gasteiger partial charge is 0.140 e. The number of nitrogens with zero attached hydrogens (tertiary/aromatic N) is 2. The fourth-order valence-electron chi connectivity index (χ4n) is 1.36. The van der Waals surface area contributed by atoms with E-state index in [1.165, 1.54) is 0 Å². The summed E-state index contributed by atoms with van der Waals surface area (Å²) in [4.78, 5) is 8.88. The topological polar surface area (TPSA) is 51.8 Å². The predicted molar refractivity (Wildman–Crippen MR) is 71.9 cm³/mol. The van der Waals surface area contributed by atoms with Crippen molar-refractivity contribution in [1.29, 1.82) is 0 Å². The number of halogens is 1. The molecule has 84 valence electrons. The number of nitrogen functional groups attached to an aromatic ring is 1. The fourth-order valence-corrected chi connectivity index (χ4v) is 2.23. The van der Waals surface area contributed by atoms with E-state index in [1.54, 1.807) is 0 Å². The lowest BCUT2D eigenvalue weighted by molar-refractivity contribution is 0.724. The van der Waals surface area contributed by atoms with Crippen LogP contribution in [-0.4, -0.2) is 9.97 Å². The van der Waals surface area contributed by atoms with Crippen LogP contribution in [0.4, 0.5) is 5.82 Å². The zero-order valence-electron chi connectivity index (χ0n) is 9.55. The van der Waals surface area contributed by atoms with Crippen molar-refractivity contribution in [2.75, 3.05) is 5.73 Å². The minimum Gasteiger partial charge on any atom is -0.383 e. The molecule has 0 radical (unpaired) electrons. The van der Waals surface area contributed by atoms with Gasteiger partial charge in [0.25, 0.3) is 0 Å². The summed E-state index contributed by atoms with van der Waals surface area (Å²) in [7, 11) is 0. The zero-order valence-corrected chi connectivity index (χ0v) is 11.7. The highest BCUT2D eigenvalue weighted by Gasteiger charge is 2.12. The summed E-state index contributed by atoms with van der Waals surface area (Å²) in [5, 5.41) is 0. The van der Waals surface area contributed by atoms with Gasteiger partial charge in [-0.25, -0.2) is 9.97 Å². The molecule has 0 aliphatic heterocycles. The summed E-state index contributed by atoms with van der Waals surface area (Å²) in [6.45, 7) is 6.43. The first kappa shape index (κ1) is 12.7. The highest BCUT2D eigenvalue weighted by Crippen LogP contribution is 2.23. The van der Waals surface area contributed by atoms with Gasteiger partial charge in [0.05, 0.1) is 9.26 Å². The van der Waals surface area contributed by atoms with Gasteiger partial charge >= 0.3 is 0 Å². The minimum absolute atomic E-state index is 0.405. The van der Waals surface area contributed by atoms with Crippen molar-refractivity contribution < 1.29 is 0 Å². The van der Waals surface area contributed by atoms with Crippen molar-refractivity contribution in [3.63, 3.8) is 0 Å². The van der Waals surface area contributed by atoms with Gasteiger partial charge in [-0.05, 0) is 34.9 Å². The molecule has 0 bridgehead atoms. The van der Waals surface area contributed by atoms with Gasteiger partial charge in [0.2, 0.25) is 0 Å². The quantitative estimate of drug-likeness (QED) is 0.868. The molecule has 15 heavy (non-hydrogen) atoms. The molecule has 0 aliphatic carbocycles. The molecule has 1 aromatic heterocycles. The molecule has 4 heteroatoms. The minimum atomic E-state index is 0.405. The van der Waals surface area contributed by atoms with E-state index < -0.39 is 0 Å². The van der Waals surface area contributed by atoms with Gasteiger partial charge in [0.1, 0.15) is 11.6 Å². The Bertz CT molecular complexity index is 337. The largest absolute Gasteiger partial charge is 0.383 e.